The lowest BCUT2D eigenvalue weighted by Gasteiger charge is -2.26. The highest BCUT2D eigenvalue weighted by atomic mass is 79.9. The van der Waals surface area contributed by atoms with Gasteiger partial charge in [0.05, 0.1) is 40.0 Å². The van der Waals surface area contributed by atoms with Crippen LogP contribution < -0.4 is 24.4 Å². The Balaban J connectivity index is 1.75. The van der Waals surface area contributed by atoms with Crippen LogP contribution in [0, 0.1) is 0 Å². The van der Waals surface area contributed by atoms with Crippen LogP contribution in [0.2, 0.25) is 0 Å². The van der Waals surface area contributed by atoms with Crippen LogP contribution in [0.15, 0.2) is 92.6 Å². The molecule has 0 spiro atoms. The summed E-state index contributed by atoms with van der Waals surface area (Å²) in [6.45, 7) is 3.24. The molecule has 1 aromatic heterocycles. The van der Waals surface area contributed by atoms with Crippen molar-refractivity contribution in [2.75, 3.05) is 13.7 Å². The number of methoxy groups -OCH3 is 1. The zero-order chi connectivity index (χ0) is 29.1. The van der Waals surface area contributed by atoms with Crippen LogP contribution in [0.3, 0.4) is 0 Å². The Labute approximate surface area is 248 Å². The summed E-state index contributed by atoms with van der Waals surface area (Å²) in [5.41, 5.74) is 2.58. The molecule has 1 aliphatic heterocycles. The number of carbonyl (C=O) groups excluding carboxylic acids is 2. The van der Waals surface area contributed by atoms with Gasteiger partial charge in [-0.15, -0.1) is 0 Å². The SMILES string of the molecule is CCOC(=O)C1=C(c2ccccc2)N=c2s/c(=C\c3ccc(OC(C)=O)c(Br)c3)c(=O)n2[C@H]1c1ccc(OC)cc1. The molecule has 41 heavy (non-hydrogen) atoms. The lowest BCUT2D eigenvalue weighted by Crippen LogP contribution is -2.40. The molecule has 8 nitrogen and oxygen atoms in total. The molecule has 0 radical (unpaired) electrons. The van der Waals surface area contributed by atoms with E-state index in [0.29, 0.717) is 42.1 Å². The van der Waals surface area contributed by atoms with E-state index in [1.165, 1.54) is 18.3 Å². The van der Waals surface area contributed by atoms with Gasteiger partial charge < -0.3 is 14.2 Å². The van der Waals surface area contributed by atoms with E-state index in [0.717, 1.165) is 5.56 Å². The third kappa shape index (κ3) is 5.79. The molecule has 3 aromatic carbocycles. The molecule has 0 unspecified atom stereocenters. The zero-order valence-electron chi connectivity index (χ0n) is 22.4. The first-order chi connectivity index (χ1) is 19.8. The maximum Gasteiger partial charge on any atom is 0.338 e. The molecule has 0 saturated carbocycles. The quantitative estimate of drug-likeness (QED) is 0.218. The number of nitrogens with zero attached hydrogens (tertiary/aromatic N) is 2. The number of hydrogen-bond acceptors (Lipinski definition) is 8. The predicted molar refractivity (Wildman–Crippen MR) is 160 cm³/mol. The molecule has 2 heterocycles. The molecule has 0 N–H and O–H groups in total. The van der Waals surface area contributed by atoms with E-state index in [9.17, 15) is 14.4 Å². The average Bonchev–Trinajstić information content (AvgIpc) is 3.28. The Kier molecular flexibility index (Phi) is 8.32. The second-order valence-corrected chi connectivity index (χ2v) is 10.9. The first kappa shape index (κ1) is 28.3. The van der Waals surface area contributed by atoms with Crippen LogP contribution in [-0.4, -0.2) is 30.2 Å². The van der Waals surface area contributed by atoms with Crippen molar-refractivity contribution in [2.24, 2.45) is 4.99 Å². The van der Waals surface area contributed by atoms with Crippen molar-refractivity contribution in [3.05, 3.63) is 119 Å². The molecule has 208 valence electrons. The van der Waals surface area contributed by atoms with Crippen LogP contribution in [0.5, 0.6) is 11.5 Å². The number of fused-ring (bicyclic) bond motifs is 1. The summed E-state index contributed by atoms with van der Waals surface area (Å²) >= 11 is 4.65. The maximum atomic E-state index is 14.0. The number of aromatic nitrogens is 1. The number of benzene rings is 3. The molecular formula is C31H25BrN2O6S. The fraction of sp³-hybridized carbons (Fsp3) is 0.161. The summed E-state index contributed by atoms with van der Waals surface area (Å²) in [7, 11) is 1.58. The summed E-state index contributed by atoms with van der Waals surface area (Å²) in [5, 5.41) is 0. The third-order valence-electron chi connectivity index (χ3n) is 6.31. The van der Waals surface area contributed by atoms with Crippen LogP contribution in [0.25, 0.3) is 11.8 Å². The highest BCUT2D eigenvalue weighted by molar-refractivity contribution is 9.10. The number of thiazole rings is 1. The summed E-state index contributed by atoms with van der Waals surface area (Å²) in [4.78, 5) is 44.2. The van der Waals surface area contributed by atoms with Crippen molar-refractivity contribution in [3.63, 3.8) is 0 Å². The maximum absolute atomic E-state index is 14.0. The molecule has 1 atom stereocenters. The molecule has 0 aliphatic carbocycles. The minimum Gasteiger partial charge on any atom is -0.497 e. The smallest absolute Gasteiger partial charge is 0.338 e. The average molecular weight is 634 g/mol. The Morgan fingerprint density at radius 1 is 1.07 bits per heavy atom. The molecule has 0 amide bonds. The molecule has 0 fully saturated rings. The van der Waals surface area contributed by atoms with Crippen LogP contribution in [0.4, 0.5) is 0 Å². The van der Waals surface area contributed by atoms with E-state index >= 15 is 0 Å². The Morgan fingerprint density at radius 2 is 1.80 bits per heavy atom. The van der Waals surface area contributed by atoms with E-state index in [4.69, 9.17) is 19.2 Å². The number of halogens is 1. The van der Waals surface area contributed by atoms with Gasteiger partial charge in [-0.25, -0.2) is 9.79 Å². The summed E-state index contributed by atoms with van der Waals surface area (Å²) < 4.78 is 18.6. The van der Waals surface area contributed by atoms with E-state index in [-0.39, 0.29) is 17.7 Å². The molecule has 10 heteroatoms. The highest BCUT2D eigenvalue weighted by Gasteiger charge is 2.35. The van der Waals surface area contributed by atoms with E-state index in [1.807, 2.05) is 42.5 Å². The van der Waals surface area contributed by atoms with E-state index < -0.39 is 18.0 Å². The van der Waals surface area contributed by atoms with Gasteiger partial charge in [-0.05, 0) is 64.3 Å². The minimum absolute atomic E-state index is 0.169. The van der Waals surface area contributed by atoms with E-state index in [2.05, 4.69) is 15.9 Å². The fourth-order valence-corrected chi connectivity index (χ4v) is 6.02. The van der Waals surface area contributed by atoms with Crippen molar-refractivity contribution in [1.82, 2.24) is 4.57 Å². The Morgan fingerprint density at radius 3 is 2.44 bits per heavy atom. The van der Waals surface area contributed by atoms with Crippen LogP contribution in [0.1, 0.15) is 36.6 Å². The van der Waals surface area contributed by atoms with Gasteiger partial charge >= 0.3 is 11.9 Å². The second-order valence-electron chi connectivity index (χ2n) is 8.99. The summed E-state index contributed by atoms with van der Waals surface area (Å²) in [6, 6.07) is 21.0. The Hall–Kier alpha value is -4.28. The Bertz CT molecular complexity index is 1840. The number of rotatable bonds is 7. The monoisotopic (exact) mass is 632 g/mol. The zero-order valence-corrected chi connectivity index (χ0v) is 24.8. The molecular weight excluding hydrogens is 608 g/mol. The molecule has 0 bridgehead atoms. The van der Waals surface area contributed by atoms with Crippen LogP contribution in [-0.2, 0) is 14.3 Å². The van der Waals surface area contributed by atoms with E-state index in [1.54, 1.807) is 55.0 Å². The van der Waals surface area contributed by atoms with Crippen molar-refractivity contribution < 1.29 is 23.8 Å². The lowest BCUT2D eigenvalue weighted by atomic mass is 9.93. The number of esters is 2. The minimum atomic E-state index is -0.786. The number of carbonyl (C=O) groups is 2. The van der Waals surface area contributed by atoms with Gasteiger partial charge in [-0.2, -0.15) is 0 Å². The van der Waals surface area contributed by atoms with Crippen LogP contribution >= 0.6 is 27.3 Å². The first-order valence-corrected chi connectivity index (χ1v) is 14.3. The van der Waals surface area contributed by atoms with Crippen molar-refractivity contribution in [3.8, 4) is 11.5 Å². The fourth-order valence-electron chi connectivity index (χ4n) is 4.54. The van der Waals surface area contributed by atoms with Crippen molar-refractivity contribution in [2.45, 2.75) is 19.9 Å². The topological polar surface area (TPSA) is 96.2 Å². The predicted octanol–water partition coefficient (Wildman–Crippen LogP) is 4.63. The van der Waals surface area contributed by atoms with Gasteiger partial charge in [-0.3, -0.25) is 14.2 Å². The van der Waals surface area contributed by atoms with Gasteiger partial charge in [-0.1, -0.05) is 59.9 Å². The lowest BCUT2D eigenvalue weighted by molar-refractivity contribution is -0.139. The normalized spacial score (nSPS) is 14.7. The van der Waals surface area contributed by atoms with Gasteiger partial charge in [0.15, 0.2) is 4.80 Å². The number of ether oxygens (including phenoxy) is 3. The largest absolute Gasteiger partial charge is 0.497 e. The molecule has 1 aliphatic rings. The van der Waals surface area contributed by atoms with Gasteiger partial charge in [0.2, 0.25) is 0 Å². The first-order valence-electron chi connectivity index (χ1n) is 12.7. The number of hydrogen-bond donors (Lipinski definition) is 0. The molecule has 0 saturated heterocycles. The summed E-state index contributed by atoms with van der Waals surface area (Å²) in [5.74, 6) is 0.0446. The van der Waals surface area contributed by atoms with Gasteiger partial charge in [0.25, 0.3) is 5.56 Å². The standard InChI is InChI=1S/C31H25BrN2O6S/c1-4-39-30(37)26-27(20-8-6-5-7-9-20)33-31-34(28(26)21-11-13-22(38-3)14-12-21)29(36)25(41-31)17-19-10-15-24(23(32)16-19)40-18(2)35/h5-17,28H,4H2,1-3H3/b25-17-/t28-/m0/s1. The third-order valence-corrected chi connectivity index (χ3v) is 7.92. The highest BCUT2D eigenvalue weighted by Crippen LogP contribution is 2.35. The van der Waals surface area contributed by atoms with Gasteiger partial charge in [0, 0.05) is 12.5 Å². The van der Waals surface area contributed by atoms with Crippen molar-refractivity contribution >= 4 is 51.0 Å². The van der Waals surface area contributed by atoms with Gasteiger partial charge in [0.1, 0.15) is 11.5 Å². The second kappa shape index (κ2) is 12.1. The summed E-state index contributed by atoms with van der Waals surface area (Å²) in [6.07, 6.45) is 1.74. The molecule has 5 rings (SSSR count). The van der Waals surface area contributed by atoms with Crippen molar-refractivity contribution in [1.29, 1.82) is 0 Å². The molecule has 4 aromatic rings.